The predicted molar refractivity (Wildman–Crippen MR) is 99.5 cm³/mol. The fourth-order valence-corrected chi connectivity index (χ4v) is 3.25. The Labute approximate surface area is 153 Å². The van der Waals surface area contributed by atoms with Crippen molar-refractivity contribution in [1.29, 1.82) is 0 Å². The molecule has 1 aromatic carbocycles. The van der Waals surface area contributed by atoms with Crippen LogP contribution in [0.4, 0.5) is 0 Å². The van der Waals surface area contributed by atoms with Gasteiger partial charge in [-0.25, -0.2) is 4.98 Å². The van der Waals surface area contributed by atoms with Crippen LogP contribution in [0.1, 0.15) is 6.42 Å². The number of nitrogens with zero attached hydrogens (tertiary/aromatic N) is 5. The Kier molecular flexibility index (Phi) is 4.40. The first-order valence-electron chi connectivity index (χ1n) is 8.17. The van der Waals surface area contributed by atoms with Crippen molar-refractivity contribution in [2.45, 2.75) is 13.0 Å². The molecule has 7 nitrogen and oxygen atoms in total. The number of pyridine rings is 1. The number of hydrogen-bond donors (Lipinski definition) is 0. The molecule has 0 fully saturated rings. The standard InChI is InChI=1S/C18H16ClN5O2/c1-26-10-4-8-23-9-7-14-15(17(23)25)16(12-5-2-3-6-13(12)19)24-18(22-14)20-11-21-24/h2-3,5-7,9,11H,4,8,10H2,1H3. The van der Waals surface area contributed by atoms with Crippen LogP contribution in [-0.2, 0) is 11.3 Å². The summed E-state index contributed by atoms with van der Waals surface area (Å²) in [5.41, 5.74) is 1.73. The van der Waals surface area contributed by atoms with Crippen molar-refractivity contribution >= 4 is 28.3 Å². The van der Waals surface area contributed by atoms with Gasteiger partial charge in [-0.3, -0.25) is 4.79 Å². The molecule has 0 amide bonds. The lowest BCUT2D eigenvalue weighted by molar-refractivity contribution is 0.190. The molecule has 4 aromatic rings. The largest absolute Gasteiger partial charge is 0.385 e. The summed E-state index contributed by atoms with van der Waals surface area (Å²) in [5, 5.41) is 5.25. The molecule has 3 heterocycles. The summed E-state index contributed by atoms with van der Waals surface area (Å²) >= 11 is 6.41. The number of rotatable bonds is 5. The molecule has 0 aliphatic carbocycles. The minimum Gasteiger partial charge on any atom is -0.385 e. The van der Waals surface area contributed by atoms with Crippen molar-refractivity contribution in [2.75, 3.05) is 13.7 Å². The molecule has 0 aliphatic heterocycles. The molecule has 0 bridgehead atoms. The minimum absolute atomic E-state index is 0.140. The van der Waals surface area contributed by atoms with Gasteiger partial charge in [0.05, 0.1) is 16.6 Å². The molecule has 0 spiro atoms. The molecule has 0 aliphatic rings. The fourth-order valence-electron chi connectivity index (χ4n) is 3.02. The van der Waals surface area contributed by atoms with Gasteiger partial charge in [-0.05, 0) is 18.6 Å². The molecule has 26 heavy (non-hydrogen) atoms. The molecule has 0 unspecified atom stereocenters. The molecular formula is C18H16ClN5O2. The first kappa shape index (κ1) is 16.7. The Hall–Kier alpha value is -2.77. The zero-order chi connectivity index (χ0) is 18.1. The number of fused-ring (bicyclic) bond motifs is 2. The fraction of sp³-hybridized carbons (Fsp3) is 0.222. The molecule has 8 heteroatoms. The van der Waals surface area contributed by atoms with Crippen LogP contribution < -0.4 is 5.56 Å². The minimum atomic E-state index is -0.140. The van der Waals surface area contributed by atoms with Crippen molar-refractivity contribution in [1.82, 2.24) is 24.1 Å². The van der Waals surface area contributed by atoms with Gasteiger partial charge < -0.3 is 9.30 Å². The number of ether oxygens (including phenoxy) is 1. The SMILES string of the molecule is COCCCn1ccc2nc3ncnn3c(-c3ccccc3Cl)c2c1=O. The third-order valence-electron chi connectivity index (χ3n) is 4.22. The van der Waals surface area contributed by atoms with E-state index in [4.69, 9.17) is 16.3 Å². The quantitative estimate of drug-likeness (QED) is 0.506. The highest BCUT2D eigenvalue weighted by Crippen LogP contribution is 2.31. The van der Waals surface area contributed by atoms with E-state index in [2.05, 4.69) is 15.1 Å². The third kappa shape index (κ3) is 2.75. The van der Waals surface area contributed by atoms with Crippen LogP contribution in [0.3, 0.4) is 0 Å². The molecule has 132 valence electrons. The average Bonchev–Trinajstić information content (AvgIpc) is 3.11. The average molecular weight is 370 g/mol. The Balaban J connectivity index is 2.05. The summed E-state index contributed by atoms with van der Waals surface area (Å²) in [6.45, 7) is 1.14. The van der Waals surface area contributed by atoms with Gasteiger partial charge in [-0.15, -0.1) is 0 Å². The first-order chi connectivity index (χ1) is 12.7. The maximum absolute atomic E-state index is 13.2. The van der Waals surface area contributed by atoms with Crippen LogP contribution in [-0.4, -0.2) is 37.9 Å². The van der Waals surface area contributed by atoms with Gasteiger partial charge in [0.15, 0.2) is 0 Å². The Bertz CT molecular complexity index is 1150. The Morgan fingerprint density at radius 1 is 1.23 bits per heavy atom. The molecule has 0 saturated carbocycles. The molecule has 0 radical (unpaired) electrons. The van der Waals surface area contributed by atoms with Gasteiger partial charge in [0.2, 0.25) is 0 Å². The zero-order valence-corrected chi connectivity index (χ0v) is 14.8. The zero-order valence-electron chi connectivity index (χ0n) is 14.1. The van der Waals surface area contributed by atoms with E-state index in [9.17, 15) is 4.79 Å². The van der Waals surface area contributed by atoms with E-state index >= 15 is 0 Å². The Morgan fingerprint density at radius 2 is 2.08 bits per heavy atom. The van der Waals surface area contributed by atoms with Crippen LogP contribution in [0, 0.1) is 0 Å². The van der Waals surface area contributed by atoms with E-state index in [-0.39, 0.29) is 5.56 Å². The third-order valence-corrected chi connectivity index (χ3v) is 4.55. The lowest BCUT2D eigenvalue weighted by Crippen LogP contribution is -2.22. The summed E-state index contributed by atoms with van der Waals surface area (Å²) in [5.74, 6) is 0.420. The molecule has 0 saturated heterocycles. The van der Waals surface area contributed by atoms with Crippen molar-refractivity contribution in [3.05, 3.63) is 58.2 Å². The highest BCUT2D eigenvalue weighted by Gasteiger charge is 2.18. The first-order valence-corrected chi connectivity index (χ1v) is 8.55. The number of methoxy groups -OCH3 is 1. The highest BCUT2D eigenvalue weighted by atomic mass is 35.5. The van der Waals surface area contributed by atoms with E-state index in [1.165, 1.54) is 6.33 Å². The van der Waals surface area contributed by atoms with Crippen LogP contribution in [0.5, 0.6) is 0 Å². The van der Waals surface area contributed by atoms with Crippen LogP contribution in [0.2, 0.25) is 5.02 Å². The van der Waals surface area contributed by atoms with Crippen molar-refractivity contribution in [2.24, 2.45) is 0 Å². The monoisotopic (exact) mass is 369 g/mol. The van der Waals surface area contributed by atoms with Crippen molar-refractivity contribution < 1.29 is 4.74 Å². The van der Waals surface area contributed by atoms with Crippen LogP contribution in [0.25, 0.3) is 27.9 Å². The van der Waals surface area contributed by atoms with Gasteiger partial charge in [0, 0.05) is 37.0 Å². The number of hydrogen-bond acceptors (Lipinski definition) is 5. The summed E-state index contributed by atoms with van der Waals surface area (Å²) in [4.78, 5) is 21.8. The van der Waals surface area contributed by atoms with E-state index in [0.29, 0.717) is 46.1 Å². The lowest BCUT2D eigenvalue weighted by atomic mass is 10.1. The maximum Gasteiger partial charge on any atom is 0.262 e. The molecule has 4 rings (SSSR count). The smallest absolute Gasteiger partial charge is 0.262 e. The second-order valence-corrected chi connectivity index (χ2v) is 6.24. The Morgan fingerprint density at radius 3 is 2.88 bits per heavy atom. The van der Waals surface area contributed by atoms with Crippen molar-refractivity contribution in [3.8, 4) is 11.3 Å². The van der Waals surface area contributed by atoms with Gasteiger partial charge in [-0.2, -0.15) is 14.6 Å². The molecule has 0 N–H and O–H groups in total. The maximum atomic E-state index is 13.2. The summed E-state index contributed by atoms with van der Waals surface area (Å²) in [7, 11) is 1.64. The van der Waals surface area contributed by atoms with Gasteiger partial charge in [0.1, 0.15) is 6.33 Å². The number of benzene rings is 1. The molecule has 0 atom stereocenters. The van der Waals surface area contributed by atoms with Gasteiger partial charge >= 0.3 is 0 Å². The van der Waals surface area contributed by atoms with E-state index < -0.39 is 0 Å². The van der Waals surface area contributed by atoms with Crippen molar-refractivity contribution in [3.63, 3.8) is 0 Å². The second kappa shape index (κ2) is 6.86. The highest BCUT2D eigenvalue weighted by molar-refractivity contribution is 6.33. The number of aromatic nitrogens is 5. The summed E-state index contributed by atoms with van der Waals surface area (Å²) < 4.78 is 8.30. The number of halogens is 1. The molecule has 3 aromatic heterocycles. The van der Waals surface area contributed by atoms with Crippen LogP contribution >= 0.6 is 11.6 Å². The predicted octanol–water partition coefficient (Wildman–Crippen LogP) is 2.80. The van der Waals surface area contributed by atoms with Gasteiger partial charge in [-0.1, -0.05) is 29.8 Å². The van der Waals surface area contributed by atoms with E-state index in [0.717, 1.165) is 6.42 Å². The van der Waals surface area contributed by atoms with E-state index in [1.807, 2.05) is 24.3 Å². The normalized spacial score (nSPS) is 11.5. The van der Waals surface area contributed by atoms with Gasteiger partial charge in [0.25, 0.3) is 11.3 Å². The van der Waals surface area contributed by atoms with Crippen LogP contribution in [0.15, 0.2) is 47.7 Å². The summed E-state index contributed by atoms with van der Waals surface area (Å²) in [6.07, 6.45) is 3.90. The summed E-state index contributed by atoms with van der Waals surface area (Å²) in [6, 6.07) is 9.18. The topological polar surface area (TPSA) is 74.3 Å². The molecular weight excluding hydrogens is 354 g/mol. The second-order valence-electron chi connectivity index (χ2n) is 5.83. The lowest BCUT2D eigenvalue weighted by Gasteiger charge is -2.12. The number of aryl methyl sites for hydroxylation is 1. The van der Waals surface area contributed by atoms with E-state index in [1.54, 1.807) is 28.5 Å².